The maximum absolute atomic E-state index is 13.5. The zero-order valence-corrected chi connectivity index (χ0v) is 24.4. The number of hydrogen-bond acceptors (Lipinski definition) is 7. The van der Waals surface area contributed by atoms with E-state index in [1.165, 1.54) is 19.2 Å². The first kappa shape index (κ1) is 32.4. The fraction of sp³-hybridized carbons (Fsp3) is 0.448. The van der Waals surface area contributed by atoms with Crippen molar-refractivity contribution < 1.29 is 33.8 Å². The van der Waals surface area contributed by atoms with Gasteiger partial charge in [-0.05, 0) is 49.9 Å². The van der Waals surface area contributed by atoms with E-state index in [-0.39, 0.29) is 18.6 Å². The molecule has 0 saturated heterocycles. The SMILES string of the molecule is COC(=O)[C@H](Cc1ccc(O)cc1)NC(=O)[C@H](Cc1ccccc1)NC(=O)[C@H](C(C)C)N(Cl)C(=O)OC(C)(C)C. The molecule has 0 saturated carbocycles. The van der Waals surface area contributed by atoms with Crippen LogP contribution >= 0.6 is 11.8 Å². The quantitative estimate of drug-likeness (QED) is 0.274. The maximum Gasteiger partial charge on any atom is 0.425 e. The molecule has 2 aromatic rings. The lowest BCUT2D eigenvalue weighted by Crippen LogP contribution is -2.57. The molecule has 3 N–H and O–H groups in total. The first-order valence-corrected chi connectivity index (χ1v) is 13.2. The topological polar surface area (TPSA) is 134 Å². The summed E-state index contributed by atoms with van der Waals surface area (Å²) < 4.78 is 10.9. The highest BCUT2D eigenvalue weighted by molar-refractivity contribution is 6.22. The molecule has 0 aliphatic rings. The molecule has 0 heterocycles. The number of benzene rings is 2. The average Bonchev–Trinajstić information content (AvgIpc) is 2.88. The fourth-order valence-corrected chi connectivity index (χ4v) is 4.23. The monoisotopic (exact) mass is 575 g/mol. The van der Waals surface area contributed by atoms with E-state index >= 15 is 0 Å². The molecule has 0 aliphatic heterocycles. The summed E-state index contributed by atoms with van der Waals surface area (Å²) in [5, 5.41) is 14.9. The number of phenolic OH excluding ortho intramolecular Hbond substituents is 1. The van der Waals surface area contributed by atoms with Gasteiger partial charge in [-0.15, -0.1) is 0 Å². The minimum absolute atomic E-state index is 0.0625. The van der Waals surface area contributed by atoms with Crippen molar-refractivity contribution in [3.8, 4) is 5.75 Å². The van der Waals surface area contributed by atoms with Crippen LogP contribution in [0.1, 0.15) is 45.7 Å². The number of nitrogens with zero attached hydrogens (tertiary/aromatic N) is 1. The van der Waals surface area contributed by atoms with E-state index in [1.807, 2.05) is 6.07 Å². The van der Waals surface area contributed by atoms with Crippen LogP contribution in [-0.4, -0.2) is 64.2 Å². The Morgan fingerprint density at radius 2 is 1.40 bits per heavy atom. The Labute approximate surface area is 240 Å². The number of methoxy groups -OCH3 is 1. The molecule has 218 valence electrons. The third-order valence-corrected chi connectivity index (χ3v) is 6.15. The third kappa shape index (κ3) is 10.1. The van der Waals surface area contributed by atoms with Crippen LogP contribution in [0.4, 0.5) is 4.79 Å². The fourth-order valence-electron chi connectivity index (χ4n) is 3.88. The minimum Gasteiger partial charge on any atom is -0.508 e. The van der Waals surface area contributed by atoms with Crippen LogP contribution in [0.5, 0.6) is 5.75 Å². The lowest BCUT2D eigenvalue weighted by atomic mass is 10.0. The molecule has 3 atom stereocenters. The number of aromatic hydroxyl groups is 1. The summed E-state index contributed by atoms with van der Waals surface area (Å²) in [6.07, 6.45) is -0.704. The summed E-state index contributed by atoms with van der Waals surface area (Å²) >= 11 is 6.28. The predicted molar refractivity (Wildman–Crippen MR) is 150 cm³/mol. The minimum atomic E-state index is -1.16. The van der Waals surface area contributed by atoms with E-state index in [0.717, 1.165) is 5.56 Å². The lowest BCUT2D eigenvalue weighted by molar-refractivity contribution is -0.145. The Hall–Kier alpha value is -3.79. The van der Waals surface area contributed by atoms with Gasteiger partial charge >= 0.3 is 12.1 Å². The van der Waals surface area contributed by atoms with E-state index in [9.17, 15) is 24.3 Å². The number of phenols is 1. The first-order valence-electron chi connectivity index (χ1n) is 12.9. The van der Waals surface area contributed by atoms with Gasteiger partial charge < -0.3 is 25.2 Å². The van der Waals surface area contributed by atoms with Crippen molar-refractivity contribution in [3.05, 3.63) is 65.7 Å². The summed E-state index contributed by atoms with van der Waals surface area (Å²) in [7, 11) is 1.21. The molecule has 0 unspecified atom stereocenters. The summed E-state index contributed by atoms with van der Waals surface area (Å²) in [5.74, 6) is -2.34. The van der Waals surface area contributed by atoms with Crippen molar-refractivity contribution >= 4 is 35.7 Å². The third-order valence-electron chi connectivity index (χ3n) is 5.81. The zero-order chi connectivity index (χ0) is 30.0. The molecule has 11 heteroatoms. The molecule has 2 aromatic carbocycles. The summed E-state index contributed by atoms with van der Waals surface area (Å²) in [6.45, 7) is 8.45. The van der Waals surface area contributed by atoms with Crippen LogP contribution in [0.3, 0.4) is 0 Å². The van der Waals surface area contributed by atoms with Crippen LogP contribution in [0, 0.1) is 5.92 Å². The number of carbonyl (C=O) groups is 4. The predicted octanol–water partition coefficient (Wildman–Crippen LogP) is 3.74. The van der Waals surface area contributed by atoms with Crippen molar-refractivity contribution in [3.63, 3.8) is 0 Å². The molecule has 2 rings (SSSR count). The number of carbonyl (C=O) groups excluding carboxylic acids is 4. The van der Waals surface area contributed by atoms with Gasteiger partial charge in [-0.2, -0.15) is 0 Å². The van der Waals surface area contributed by atoms with Crippen LogP contribution in [0.25, 0.3) is 0 Å². The van der Waals surface area contributed by atoms with Crippen LogP contribution < -0.4 is 10.6 Å². The first-order chi connectivity index (χ1) is 18.7. The Morgan fingerprint density at radius 3 is 1.93 bits per heavy atom. The Bertz CT molecular complexity index is 1150. The van der Waals surface area contributed by atoms with Crippen LogP contribution in [-0.2, 0) is 36.7 Å². The second-order valence-corrected chi connectivity index (χ2v) is 11.1. The standard InChI is InChI=1S/C29H38ClN3O7/c1-18(2)24(33(30)28(38)40-29(3,4)5)26(36)31-22(16-19-10-8-7-9-11-19)25(35)32-23(27(37)39-6)17-20-12-14-21(34)15-13-20/h7-15,18,22-24,34H,16-17H2,1-6H3,(H,31,36)(H,32,35)/t22-,23-,24-/m0/s1. The summed E-state index contributed by atoms with van der Waals surface area (Å²) in [5.41, 5.74) is 0.595. The molecule has 0 radical (unpaired) electrons. The Morgan fingerprint density at radius 1 is 0.875 bits per heavy atom. The van der Waals surface area contributed by atoms with Gasteiger partial charge in [0.15, 0.2) is 0 Å². The smallest absolute Gasteiger partial charge is 0.425 e. The molecule has 0 aromatic heterocycles. The second kappa shape index (κ2) is 14.6. The zero-order valence-electron chi connectivity index (χ0n) is 23.6. The normalized spacial score (nSPS) is 13.5. The number of halogens is 1. The van der Waals surface area contributed by atoms with Gasteiger partial charge in [0, 0.05) is 24.6 Å². The number of amides is 3. The molecule has 0 fully saturated rings. The molecule has 0 bridgehead atoms. The Balaban J connectivity index is 2.31. The summed E-state index contributed by atoms with van der Waals surface area (Å²) in [6, 6.07) is 11.9. The summed E-state index contributed by atoms with van der Waals surface area (Å²) in [4.78, 5) is 52.2. The molecule has 0 aliphatic carbocycles. The van der Waals surface area contributed by atoms with E-state index in [1.54, 1.807) is 71.0 Å². The number of hydrogen-bond donors (Lipinski definition) is 3. The molecule has 10 nitrogen and oxygen atoms in total. The van der Waals surface area contributed by atoms with Gasteiger partial charge in [-0.3, -0.25) is 9.59 Å². The van der Waals surface area contributed by atoms with Gasteiger partial charge in [-0.25, -0.2) is 14.0 Å². The molecular formula is C29H38ClN3O7. The second-order valence-electron chi connectivity index (χ2n) is 10.7. The Kier molecular flexibility index (Phi) is 11.8. The number of esters is 1. The van der Waals surface area contributed by atoms with Crippen molar-refractivity contribution in [1.29, 1.82) is 0 Å². The van der Waals surface area contributed by atoms with Gasteiger partial charge in [-0.1, -0.05) is 56.3 Å². The maximum atomic E-state index is 13.5. The van der Waals surface area contributed by atoms with Crippen molar-refractivity contribution in [2.75, 3.05) is 7.11 Å². The number of nitrogens with one attached hydrogen (secondary N) is 2. The van der Waals surface area contributed by atoms with Crippen molar-refractivity contribution in [2.45, 2.75) is 71.2 Å². The van der Waals surface area contributed by atoms with Gasteiger partial charge in [0.25, 0.3) is 0 Å². The molecule has 3 amide bonds. The highest BCUT2D eigenvalue weighted by Crippen LogP contribution is 2.19. The van der Waals surface area contributed by atoms with Crippen molar-refractivity contribution in [2.24, 2.45) is 5.92 Å². The van der Waals surface area contributed by atoms with Gasteiger partial charge in [0.1, 0.15) is 29.5 Å². The molecule has 0 spiro atoms. The van der Waals surface area contributed by atoms with E-state index in [4.69, 9.17) is 21.3 Å². The average molecular weight is 576 g/mol. The van der Waals surface area contributed by atoms with Gasteiger partial charge in [0.2, 0.25) is 11.8 Å². The van der Waals surface area contributed by atoms with Crippen molar-refractivity contribution in [1.82, 2.24) is 15.1 Å². The van der Waals surface area contributed by atoms with E-state index < -0.39 is 53.5 Å². The van der Waals surface area contributed by atoms with E-state index in [0.29, 0.717) is 9.98 Å². The molecule has 40 heavy (non-hydrogen) atoms. The van der Waals surface area contributed by atoms with E-state index in [2.05, 4.69) is 10.6 Å². The lowest BCUT2D eigenvalue weighted by Gasteiger charge is -2.31. The highest BCUT2D eigenvalue weighted by Gasteiger charge is 2.37. The van der Waals surface area contributed by atoms with Crippen LogP contribution in [0.2, 0.25) is 0 Å². The highest BCUT2D eigenvalue weighted by atomic mass is 35.5. The number of rotatable bonds is 11. The largest absolute Gasteiger partial charge is 0.508 e. The van der Waals surface area contributed by atoms with Crippen LogP contribution in [0.15, 0.2) is 54.6 Å². The van der Waals surface area contributed by atoms with Gasteiger partial charge in [0.05, 0.1) is 7.11 Å². The molecular weight excluding hydrogens is 538 g/mol. The number of ether oxygens (including phenoxy) is 2.